The van der Waals surface area contributed by atoms with E-state index in [4.69, 9.17) is 0 Å². The number of carbonyl (C=O) groups is 1. The number of rotatable bonds is 1. The van der Waals surface area contributed by atoms with Gasteiger partial charge >= 0.3 is 0 Å². The quantitative estimate of drug-likeness (QED) is 0.540. The summed E-state index contributed by atoms with van der Waals surface area (Å²) < 4.78 is 0. The largest absolute Gasteiger partial charge is 0.273 e. The zero-order chi connectivity index (χ0) is 8.39. The van der Waals surface area contributed by atoms with Crippen molar-refractivity contribution in [1.29, 1.82) is 0 Å². The molecule has 1 unspecified atom stereocenters. The van der Waals surface area contributed by atoms with Gasteiger partial charge < -0.3 is 0 Å². The summed E-state index contributed by atoms with van der Waals surface area (Å²) in [4.78, 5) is 14.9. The molecule has 0 spiro atoms. The number of aliphatic imine (C=N–C) groups is 1. The van der Waals surface area contributed by atoms with Crippen LogP contribution in [0.1, 0.15) is 19.3 Å². The molecule has 0 aromatic rings. The van der Waals surface area contributed by atoms with E-state index in [1.54, 1.807) is 6.21 Å². The van der Waals surface area contributed by atoms with Crippen molar-refractivity contribution in [1.82, 2.24) is 0 Å². The topological polar surface area (TPSA) is 29.4 Å². The van der Waals surface area contributed by atoms with Crippen molar-refractivity contribution in [2.24, 2.45) is 10.9 Å². The normalized spacial score (nSPS) is 27.8. The molecular formula is C10H11NO. The van der Waals surface area contributed by atoms with Crippen molar-refractivity contribution >= 4 is 12.1 Å². The molecule has 0 saturated carbocycles. The molecule has 62 valence electrons. The van der Waals surface area contributed by atoms with E-state index in [0.717, 1.165) is 24.8 Å². The number of carbonyl (C=O) groups excluding carboxylic acids is 1. The standard InChI is InChI=1S/C10H11NO/c12-10-9(6-7-11-10)8-4-2-1-3-5-8/h1-2,6-8H,3-5H2. The van der Waals surface area contributed by atoms with Gasteiger partial charge in [-0.1, -0.05) is 12.2 Å². The number of amides is 1. The van der Waals surface area contributed by atoms with Crippen molar-refractivity contribution in [3.05, 3.63) is 23.8 Å². The summed E-state index contributed by atoms with van der Waals surface area (Å²) in [7, 11) is 0. The predicted octanol–water partition coefficient (Wildman–Crippen LogP) is 1.88. The molecule has 1 atom stereocenters. The molecule has 0 aromatic heterocycles. The Morgan fingerprint density at radius 2 is 2.33 bits per heavy atom. The van der Waals surface area contributed by atoms with E-state index < -0.39 is 0 Å². The van der Waals surface area contributed by atoms with Gasteiger partial charge in [0.2, 0.25) is 0 Å². The summed E-state index contributed by atoms with van der Waals surface area (Å²) in [5.41, 5.74) is 0.902. The van der Waals surface area contributed by atoms with Gasteiger partial charge in [-0.2, -0.15) is 0 Å². The van der Waals surface area contributed by atoms with Crippen LogP contribution in [0.15, 0.2) is 28.8 Å². The maximum atomic E-state index is 11.2. The Hall–Kier alpha value is -1.18. The van der Waals surface area contributed by atoms with Gasteiger partial charge in [-0.15, -0.1) is 0 Å². The summed E-state index contributed by atoms with van der Waals surface area (Å²) in [5, 5.41) is 0. The Labute approximate surface area is 71.7 Å². The average molecular weight is 161 g/mol. The van der Waals surface area contributed by atoms with Crippen LogP contribution in [0.5, 0.6) is 0 Å². The maximum Gasteiger partial charge on any atom is 0.273 e. The smallest absolute Gasteiger partial charge is 0.267 e. The molecule has 0 bridgehead atoms. The summed E-state index contributed by atoms with van der Waals surface area (Å²) in [5.74, 6) is 0.389. The van der Waals surface area contributed by atoms with E-state index in [2.05, 4.69) is 17.1 Å². The first kappa shape index (κ1) is 7.47. The lowest BCUT2D eigenvalue weighted by molar-refractivity contribution is -0.114. The highest BCUT2D eigenvalue weighted by Gasteiger charge is 2.22. The molecule has 0 radical (unpaired) electrons. The Morgan fingerprint density at radius 1 is 1.42 bits per heavy atom. The first-order chi connectivity index (χ1) is 5.88. The van der Waals surface area contributed by atoms with Gasteiger partial charge in [0.15, 0.2) is 0 Å². The minimum absolute atomic E-state index is 0.0321. The zero-order valence-electron chi connectivity index (χ0n) is 6.86. The van der Waals surface area contributed by atoms with Crippen molar-refractivity contribution in [2.75, 3.05) is 0 Å². The van der Waals surface area contributed by atoms with E-state index in [1.807, 2.05) is 6.08 Å². The van der Waals surface area contributed by atoms with E-state index >= 15 is 0 Å². The predicted molar refractivity (Wildman–Crippen MR) is 48.1 cm³/mol. The fourth-order valence-corrected chi connectivity index (χ4v) is 1.72. The van der Waals surface area contributed by atoms with Gasteiger partial charge in [0.05, 0.1) is 0 Å². The molecule has 1 aliphatic carbocycles. The molecule has 2 aliphatic rings. The van der Waals surface area contributed by atoms with Crippen molar-refractivity contribution in [3.8, 4) is 0 Å². The SMILES string of the molecule is O=C1N=CC=C1C1CC=CCC1. The Balaban J connectivity index is 2.10. The van der Waals surface area contributed by atoms with Crippen molar-refractivity contribution in [2.45, 2.75) is 19.3 Å². The molecule has 2 nitrogen and oxygen atoms in total. The zero-order valence-corrected chi connectivity index (χ0v) is 6.86. The van der Waals surface area contributed by atoms with Crippen LogP contribution in [-0.4, -0.2) is 12.1 Å². The van der Waals surface area contributed by atoms with Gasteiger partial charge in [-0.25, -0.2) is 4.99 Å². The van der Waals surface area contributed by atoms with Crippen LogP contribution >= 0.6 is 0 Å². The highest BCUT2D eigenvalue weighted by Crippen LogP contribution is 2.27. The number of allylic oxidation sites excluding steroid dienone is 3. The van der Waals surface area contributed by atoms with Crippen LogP contribution < -0.4 is 0 Å². The van der Waals surface area contributed by atoms with Crippen molar-refractivity contribution < 1.29 is 4.79 Å². The molecule has 2 heteroatoms. The summed E-state index contributed by atoms with van der Waals surface area (Å²) in [6.45, 7) is 0. The van der Waals surface area contributed by atoms with Crippen LogP contribution in [0, 0.1) is 5.92 Å². The lowest BCUT2D eigenvalue weighted by Crippen LogP contribution is -2.10. The Morgan fingerprint density at radius 3 is 2.92 bits per heavy atom. The molecule has 0 fully saturated rings. The Kier molecular flexibility index (Phi) is 1.90. The highest BCUT2D eigenvalue weighted by molar-refractivity contribution is 6.08. The molecule has 12 heavy (non-hydrogen) atoms. The van der Waals surface area contributed by atoms with Gasteiger partial charge in [-0.05, 0) is 31.3 Å². The molecule has 1 aliphatic heterocycles. The molecule has 2 rings (SSSR count). The average Bonchev–Trinajstić information content (AvgIpc) is 2.53. The van der Waals surface area contributed by atoms with E-state index in [1.165, 1.54) is 0 Å². The van der Waals surface area contributed by atoms with Crippen LogP contribution in [-0.2, 0) is 4.79 Å². The first-order valence-corrected chi connectivity index (χ1v) is 4.31. The van der Waals surface area contributed by atoms with Crippen LogP contribution in [0.25, 0.3) is 0 Å². The molecular weight excluding hydrogens is 150 g/mol. The molecule has 0 saturated heterocycles. The van der Waals surface area contributed by atoms with Gasteiger partial charge in [0.25, 0.3) is 5.91 Å². The van der Waals surface area contributed by atoms with Crippen molar-refractivity contribution in [3.63, 3.8) is 0 Å². The van der Waals surface area contributed by atoms with E-state index in [9.17, 15) is 4.79 Å². The summed E-state index contributed by atoms with van der Waals surface area (Å²) in [6.07, 6.45) is 11.0. The second-order valence-corrected chi connectivity index (χ2v) is 3.19. The fourth-order valence-electron chi connectivity index (χ4n) is 1.72. The van der Waals surface area contributed by atoms with Crippen LogP contribution in [0.4, 0.5) is 0 Å². The first-order valence-electron chi connectivity index (χ1n) is 4.31. The number of hydrogen-bond donors (Lipinski definition) is 0. The third-order valence-electron chi connectivity index (χ3n) is 2.40. The number of hydrogen-bond acceptors (Lipinski definition) is 1. The third-order valence-corrected chi connectivity index (χ3v) is 2.40. The fraction of sp³-hybridized carbons (Fsp3) is 0.400. The second kappa shape index (κ2) is 3.05. The minimum atomic E-state index is -0.0321. The van der Waals surface area contributed by atoms with E-state index in [-0.39, 0.29) is 5.91 Å². The maximum absolute atomic E-state index is 11.2. The second-order valence-electron chi connectivity index (χ2n) is 3.19. The monoisotopic (exact) mass is 161 g/mol. The van der Waals surface area contributed by atoms with E-state index in [0.29, 0.717) is 5.92 Å². The lowest BCUT2D eigenvalue weighted by atomic mass is 9.87. The Bertz CT molecular complexity index is 286. The van der Waals surface area contributed by atoms with Crippen LogP contribution in [0.2, 0.25) is 0 Å². The third kappa shape index (κ3) is 1.24. The van der Waals surface area contributed by atoms with Gasteiger partial charge in [0, 0.05) is 11.8 Å². The molecule has 1 heterocycles. The minimum Gasteiger partial charge on any atom is -0.267 e. The molecule has 0 aromatic carbocycles. The van der Waals surface area contributed by atoms with Gasteiger partial charge in [-0.3, -0.25) is 4.79 Å². The summed E-state index contributed by atoms with van der Waals surface area (Å²) >= 11 is 0. The lowest BCUT2D eigenvalue weighted by Gasteiger charge is -2.16. The molecule has 0 N–H and O–H groups in total. The number of nitrogens with zero attached hydrogens (tertiary/aromatic N) is 1. The van der Waals surface area contributed by atoms with Crippen LogP contribution in [0.3, 0.4) is 0 Å². The molecule has 1 amide bonds. The van der Waals surface area contributed by atoms with Gasteiger partial charge in [0.1, 0.15) is 0 Å². The summed E-state index contributed by atoms with van der Waals surface area (Å²) in [6, 6.07) is 0. The highest BCUT2D eigenvalue weighted by atomic mass is 16.1.